The Kier molecular flexibility index (Phi) is 5.84. The summed E-state index contributed by atoms with van der Waals surface area (Å²) >= 11 is 3.47. The fourth-order valence-corrected chi connectivity index (χ4v) is 4.15. The molecular formula is C18H29BrN2. The van der Waals surface area contributed by atoms with Gasteiger partial charge in [0.1, 0.15) is 0 Å². The standard InChI is InChI=1S/C18H29BrN2/c1-5-20-17-10-13(2)6-9-16(17)18(3,4)11-15-8-7-14(19)12-21-15/h7-8,12-13,16-17,20H,5-6,9-11H2,1-4H3. The second kappa shape index (κ2) is 7.23. The first-order valence-corrected chi connectivity index (χ1v) is 9.05. The molecule has 1 aromatic rings. The van der Waals surface area contributed by atoms with Crippen molar-refractivity contribution in [2.24, 2.45) is 17.3 Å². The zero-order valence-electron chi connectivity index (χ0n) is 13.8. The highest BCUT2D eigenvalue weighted by Gasteiger charge is 2.38. The summed E-state index contributed by atoms with van der Waals surface area (Å²) in [6.07, 6.45) is 6.99. The van der Waals surface area contributed by atoms with E-state index in [1.54, 1.807) is 0 Å². The van der Waals surface area contributed by atoms with E-state index in [9.17, 15) is 0 Å². The number of hydrogen-bond acceptors (Lipinski definition) is 2. The summed E-state index contributed by atoms with van der Waals surface area (Å²) in [7, 11) is 0. The number of pyridine rings is 1. The Balaban J connectivity index is 2.10. The van der Waals surface area contributed by atoms with E-state index in [2.05, 4.69) is 66.1 Å². The molecule has 118 valence electrons. The van der Waals surface area contributed by atoms with Gasteiger partial charge in [0, 0.05) is 22.4 Å². The van der Waals surface area contributed by atoms with E-state index in [0.29, 0.717) is 6.04 Å². The molecule has 3 atom stereocenters. The molecule has 2 rings (SSSR count). The minimum atomic E-state index is 0.286. The summed E-state index contributed by atoms with van der Waals surface area (Å²) in [5, 5.41) is 3.74. The van der Waals surface area contributed by atoms with Gasteiger partial charge in [0.2, 0.25) is 0 Å². The molecule has 3 unspecified atom stereocenters. The van der Waals surface area contributed by atoms with E-state index in [-0.39, 0.29) is 5.41 Å². The van der Waals surface area contributed by atoms with Crippen LogP contribution in [0.1, 0.15) is 52.7 Å². The maximum absolute atomic E-state index is 4.58. The third kappa shape index (κ3) is 4.53. The summed E-state index contributed by atoms with van der Waals surface area (Å²) in [4.78, 5) is 4.58. The molecular weight excluding hydrogens is 324 g/mol. The van der Waals surface area contributed by atoms with E-state index in [1.807, 2.05) is 6.20 Å². The van der Waals surface area contributed by atoms with Gasteiger partial charge in [0.15, 0.2) is 0 Å². The molecule has 0 spiro atoms. The highest BCUT2D eigenvalue weighted by molar-refractivity contribution is 9.10. The lowest BCUT2D eigenvalue weighted by Crippen LogP contribution is -2.47. The molecule has 2 nitrogen and oxygen atoms in total. The molecule has 1 aliphatic rings. The first-order chi connectivity index (χ1) is 9.92. The maximum Gasteiger partial charge on any atom is 0.0413 e. The van der Waals surface area contributed by atoms with Gasteiger partial charge >= 0.3 is 0 Å². The lowest BCUT2D eigenvalue weighted by molar-refractivity contribution is 0.0942. The van der Waals surface area contributed by atoms with Crippen molar-refractivity contribution in [2.45, 2.75) is 59.4 Å². The molecule has 0 amide bonds. The van der Waals surface area contributed by atoms with Gasteiger partial charge in [-0.25, -0.2) is 0 Å². The molecule has 0 aromatic carbocycles. The average Bonchev–Trinajstić information content (AvgIpc) is 2.41. The van der Waals surface area contributed by atoms with Crippen molar-refractivity contribution < 1.29 is 0 Å². The van der Waals surface area contributed by atoms with Gasteiger partial charge in [-0.05, 0) is 71.1 Å². The topological polar surface area (TPSA) is 24.9 Å². The van der Waals surface area contributed by atoms with Gasteiger partial charge in [-0.2, -0.15) is 0 Å². The fraction of sp³-hybridized carbons (Fsp3) is 0.722. The van der Waals surface area contributed by atoms with E-state index in [0.717, 1.165) is 29.3 Å². The Morgan fingerprint density at radius 1 is 1.33 bits per heavy atom. The third-order valence-corrected chi connectivity index (χ3v) is 5.48. The number of nitrogens with zero attached hydrogens (tertiary/aromatic N) is 1. The van der Waals surface area contributed by atoms with Gasteiger partial charge in [0.25, 0.3) is 0 Å². The van der Waals surface area contributed by atoms with Crippen LogP contribution in [0.2, 0.25) is 0 Å². The van der Waals surface area contributed by atoms with Crippen molar-refractivity contribution in [2.75, 3.05) is 6.54 Å². The zero-order chi connectivity index (χ0) is 15.5. The molecule has 0 saturated heterocycles. The van der Waals surface area contributed by atoms with Crippen LogP contribution in [0.4, 0.5) is 0 Å². The van der Waals surface area contributed by atoms with Crippen LogP contribution in [-0.2, 0) is 6.42 Å². The Hall–Kier alpha value is -0.410. The molecule has 1 aliphatic carbocycles. The van der Waals surface area contributed by atoms with Gasteiger partial charge in [0.05, 0.1) is 0 Å². The predicted octanol–water partition coefficient (Wildman–Crippen LogP) is 4.83. The van der Waals surface area contributed by atoms with E-state index < -0.39 is 0 Å². The maximum atomic E-state index is 4.58. The van der Waals surface area contributed by atoms with Crippen LogP contribution < -0.4 is 5.32 Å². The SMILES string of the molecule is CCNC1CC(C)CCC1C(C)(C)Cc1ccc(Br)cn1. The Morgan fingerprint density at radius 2 is 2.10 bits per heavy atom. The lowest BCUT2D eigenvalue weighted by Gasteiger charge is -2.44. The molecule has 1 fully saturated rings. The summed E-state index contributed by atoms with van der Waals surface area (Å²) in [6, 6.07) is 4.91. The van der Waals surface area contributed by atoms with Crippen LogP contribution in [0.5, 0.6) is 0 Å². The Morgan fingerprint density at radius 3 is 2.71 bits per heavy atom. The molecule has 3 heteroatoms. The molecule has 1 N–H and O–H groups in total. The van der Waals surface area contributed by atoms with Crippen LogP contribution in [0.3, 0.4) is 0 Å². The van der Waals surface area contributed by atoms with Gasteiger partial charge in [-0.3, -0.25) is 4.98 Å². The Bertz CT molecular complexity index is 441. The zero-order valence-corrected chi connectivity index (χ0v) is 15.4. The highest BCUT2D eigenvalue weighted by atomic mass is 79.9. The smallest absolute Gasteiger partial charge is 0.0413 e. The highest BCUT2D eigenvalue weighted by Crippen LogP contribution is 2.42. The van der Waals surface area contributed by atoms with E-state index in [1.165, 1.54) is 25.0 Å². The number of halogens is 1. The van der Waals surface area contributed by atoms with E-state index >= 15 is 0 Å². The van der Waals surface area contributed by atoms with Crippen molar-refractivity contribution in [3.8, 4) is 0 Å². The minimum absolute atomic E-state index is 0.286. The normalized spacial score (nSPS) is 26.8. The summed E-state index contributed by atoms with van der Waals surface area (Å²) in [5.41, 5.74) is 1.49. The second-order valence-electron chi connectivity index (χ2n) is 7.32. The number of hydrogen-bond donors (Lipinski definition) is 1. The number of aromatic nitrogens is 1. The van der Waals surface area contributed by atoms with Crippen LogP contribution in [0, 0.1) is 17.3 Å². The molecule has 21 heavy (non-hydrogen) atoms. The molecule has 1 saturated carbocycles. The predicted molar refractivity (Wildman–Crippen MR) is 93.4 cm³/mol. The van der Waals surface area contributed by atoms with Gasteiger partial charge < -0.3 is 5.32 Å². The molecule has 0 radical (unpaired) electrons. The lowest BCUT2D eigenvalue weighted by atomic mass is 9.64. The van der Waals surface area contributed by atoms with E-state index in [4.69, 9.17) is 0 Å². The van der Waals surface area contributed by atoms with Crippen molar-refractivity contribution in [1.82, 2.24) is 10.3 Å². The first kappa shape index (κ1) is 17.0. The molecule has 1 heterocycles. The van der Waals surface area contributed by atoms with Crippen molar-refractivity contribution in [3.05, 3.63) is 28.5 Å². The summed E-state index contributed by atoms with van der Waals surface area (Å²) < 4.78 is 1.06. The quantitative estimate of drug-likeness (QED) is 0.820. The number of nitrogens with one attached hydrogen (secondary N) is 1. The number of rotatable bonds is 5. The average molecular weight is 353 g/mol. The van der Waals surface area contributed by atoms with Crippen molar-refractivity contribution >= 4 is 15.9 Å². The van der Waals surface area contributed by atoms with Crippen LogP contribution in [0.15, 0.2) is 22.8 Å². The van der Waals surface area contributed by atoms with Crippen molar-refractivity contribution in [3.63, 3.8) is 0 Å². The first-order valence-electron chi connectivity index (χ1n) is 8.26. The second-order valence-corrected chi connectivity index (χ2v) is 8.24. The van der Waals surface area contributed by atoms with Crippen LogP contribution in [0.25, 0.3) is 0 Å². The monoisotopic (exact) mass is 352 g/mol. The van der Waals surface area contributed by atoms with Crippen LogP contribution in [-0.4, -0.2) is 17.6 Å². The van der Waals surface area contributed by atoms with Crippen LogP contribution >= 0.6 is 15.9 Å². The largest absolute Gasteiger partial charge is 0.314 e. The molecule has 1 aromatic heterocycles. The van der Waals surface area contributed by atoms with Gasteiger partial charge in [-0.15, -0.1) is 0 Å². The Labute approximate surface area is 138 Å². The molecule has 0 bridgehead atoms. The van der Waals surface area contributed by atoms with Gasteiger partial charge in [-0.1, -0.05) is 34.1 Å². The van der Waals surface area contributed by atoms with Crippen molar-refractivity contribution in [1.29, 1.82) is 0 Å². The summed E-state index contributed by atoms with van der Waals surface area (Å²) in [6.45, 7) is 10.5. The third-order valence-electron chi connectivity index (χ3n) is 5.01. The minimum Gasteiger partial charge on any atom is -0.314 e. The molecule has 0 aliphatic heterocycles. The summed E-state index contributed by atoms with van der Waals surface area (Å²) in [5.74, 6) is 1.59. The fourth-order valence-electron chi connectivity index (χ4n) is 3.91.